The quantitative estimate of drug-likeness (QED) is 0.473. The number of rotatable bonds is 6. The highest BCUT2D eigenvalue weighted by atomic mass is 32.2. The first-order valence-corrected chi connectivity index (χ1v) is 9.46. The minimum atomic E-state index is -0.283. The van der Waals surface area contributed by atoms with Gasteiger partial charge in [-0.1, -0.05) is 11.8 Å². The Morgan fingerprint density at radius 3 is 2.69 bits per heavy atom. The van der Waals surface area contributed by atoms with Gasteiger partial charge in [-0.2, -0.15) is 0 Å². The number of benzene rings is 1. The Morgan fingerprint density at radius 2 is 2.00 bits per heavy atom. The summed E-state index contributed by atoms with van der Waals surface area (Å²) in [4.78, 5) is 12.7. The molecule has 5 nitrogen and oxygen atoms in total. The summed E-state index contributed by atoms with van der Waals surface area (Å²) in [5, 5.41) is 8.46. The third-order valence-electron chi connectivity index (χ3n) is 4.49. The van der Waals surface area contributed by atoms with Gasteiger partial charge in [-0.25, -0.2) is 4.39 Å². The monoisotopic (exact) mass is 371 g/mol. The van der Waals surface area contributed by atoms with E-state index < -0.39 is 0 Å². The molecule has 0 unspecified atom stereocenters. The van der Waals surface area contributed by atoms with Crippen molar-refractivity contribution in [3.63, 3.8) is 0 Å². The average Bonchev–Trinajstić information content (AvgIpc) is 3.29. The second-order valence-electron chi connectivity index (χ2n) is 6.49. The summed E-state index contributed by atoms with van der Waals surface area (Å²) >= 11 is 1.26. The third-order valence-corrected chi connectivity index (χ3v) is 5.31. The van der Waals surface area contributed by atoms with Gasteiger partial charge in [0.25, 0.3) is 5.22 Å². The van der Waals surface area contributed by atoms with Gasteiger partial charge in [-0.15, -0.1) is 10.2 Å². The topological polar surface area (TPSA) is 60.9 Å². The van der Waals surface area contributed by atoms with E-state index in [0.717, 1.165) is 29.9 Å². The van der Waals surface area contributed by atoms with Gasteiger partial charge in [-0.05, 0) is 57.0 Å². The summed E-state index contributed by atoms with van der Waals surface area (Å²) in [7, 11) is 0. The molecule has 1 saturated carbocycles. The zero-order valence-electron chi connectivity index (χ0n) is 14.5. The van der Waals surface area contributed by atoms with Crippen LogP contribution in [0, 0.1) is 19.7 Å². The maximum atomic E-state index is 13.2. The van der Waals surface area contributed by atoms with E-state index in [1.807, 2.05) is 24.5 Å². The Labute approximate surface area is 154 Å². The van der Waals surface area contributed by atoms with Crippen LogP contribution in [-0.2, 0) is 0 Å². The standard InChI is InChI=1S/C19H18FN3O2S/c1-11-9-16(12(2)23(11)15-7-5-14(20)6-8-15)17(24)10-26-19-22-21-18(25-19)13-3-4-13/h5-9,13H,3-4,10H2,1-2H3. The lowest BCUT2D eigenvalue weighted by molar-refractivity contribution is 0.102. The van der Waals surface area contributed by atoms with Gasteiger partial charge in [0.15, 0.2) is 5.78 Å². The summed E-state index contributed by atoms with van der Waals surface area (Å²) in [6.45, 7) is 3.83. The number of Topliss-reactive ketones (excluding diaryl/α,β-unsaturated/α-hetero) is 1. The molecule has 3 aromatic rings. The van der Waals surface area contributed by atoms with E-state index in [1.165, 1.54) is 23.9 Å². The van der Waals surface area contributed by atoms with Gasteiger partial charge in [0.1, 0.15) is 5.82 Å². The molecule has 0 spiro atoms. The molecule has 1 aliphatic carbocycles. The molecule has 134 valence electrons. The van der Waals surface area contributed by atoms with E-state index in [0.29, 0.717) is 22.6 Å². The summed E-state index contributed by atoms with van der Waals surface area (Å²) in [5.74, 6) is 1.04. The SMILES string of the molecule is Cc1cc(C(=O)CSc2nnc(C3CC3)o2)c(C)n1-c1ccc(F)cc1. The molecule has 0 bridgehead atoms. The van der Waals surface area contributed by atoms with Crippen LogP contribution in [0.3, 0.4) is 0 Å². The molecule has 0 N–H and O–H groups in total. The number of halogens is 1. The van der Waals surface area contributed by atoms with Crippen molar-refractivity contribution in [1.82, 2.24) is 14.8 Å². The second kappa shape index (κ2) is 6.72. The fourth-order valence-electron chi connectivity index (χ4n) is 3.01. The molecule has 2 heterocycles. The number of thioether (sulfide) groups is 1. The van der Waals surface area contributed by atoms with Crippen LogP contribution in [0.15, 0.2) is 40.0 Å². The zero-order chi connectivity index (χ0) is 18.3. The van der Waals surface area contributed by atoms with Gasteiger partial charge in [0.2, 0.25) is 5.89 Å². The van der Waals surface area contributed by atoms with Crippen molar-refractivity contribution >= 4 is 17.5 Å². The van der Waals surface area contributed by atoms with Crippen LogP contribution in [0.25, 0.3) is 5.69 Å². The predicted molar refractivity (Wildman–Crippen MR) is 96.5 cm³/mol. The molecule has 0 radical (unpaired) electrons. The molecule has 0 saturated heterocycles. The minimum absolute atomic E-state index is 0.00244. The molecule has 1 fully saturated rings. The van der Waals surface area contributed by atoms with Crippen molar-refractivity contribution < 1.29 is 13.6 Å². The Hall–Kier alpha value is -2.41. The highest BCUT2D eigenvalue weighted by Crippen LogP contribution is 2.39. The molecule has 0 aliphatic heterocycles. The molecule has 26 heavy (non-hydrogen) atoms. The van der Waals surface area contributed by atoms with Gasteiger partial charge in [0.05, 0.1) is 5.75 Å². The Balaban J connectivity index is 1.50. The van der Waals surface area contributed by atoms with Crippen LogP contribution < -0.4 is 0 Å². The van der Waals surface area contributed by atoms with Crippen LogP contribution >= 0.6 is 11.8 Å². The summed E-state index contributed by atoms with van der Waals surface area (Å²) in [6.07, 6.45) is 2.20. The Morgan fingerprint density at radius 1 is 1.27 bits per heavy atom. The lowest BCUT2D eigenvalue weighted by Crippen LogP contribution is -2.05. The second-order valence-corrected chi connectivity index (χ2v) is 7.42. The van der Waals surface area contributed by atoms with E-state index in [1.54, 1.807) is 12.1 Å². The Kier molecular flexibility index (Phi) is 4.40. The fourth-order valence-corrected chi connectivity index (χ4v) is 3.66. The van der Waals surface area contributed by atoms with E-state index in [9.17, 15) is 9.18 Å². The minimum Gasteiger partial charge on any atom is -0.416 e. The molecule has 4 rings (SSSR count). The maximum absolute atomic E-state index is 13.2. The summed E-state index contributed by atoms with van der Waals surface area (Å²) < 4.78 is 20.7. The number of ketones is 1. The molecule has 1 aromatic carbocycles. The summed E-state index contributed by atoms with van der Waals surface area (Å²) in [5.41, 5.74) is 3.25. The maximum Gasteiger partial charge on any atom is 0.277 e. The van der Waals surface area contributed by atoms with Crippen molar-refractivity contribution in [3.05, 3.63) is 59.0 Å². The van der Waals surface area contributed by atoms with Crippen molar-refractivity contribution in [2.24, 2.45) is 0 Å². The molecular weight excluding hydrogens is 353 g/mol. The van der Waals surface area contributed by atoms with Crippen molar-refractivity contribution in [2.75, 3.05) is 5.75 Å². The summed E-state index contributed by atoms with van der Waals surface area (Å²) in [6, 6.07) is 8.11. The molecule has 1 aliphatic rings. The zero-order valence-corrected chi connectivity index (χ0v) is 15.3. The highest BCUT2D eigenvalue weighted by Gasteiger charge is 2.29. The van der Waals surface area contributed by atoms with Crippen LogP contribution in [-0.4, -0.2) is 26.3 Å². The largest absolute Gasteiger partial charge is 0.416 e. The number of carbonyl (C=O) groups excluding carboxylic acids is 1. The first-order valence-electron chi connectivity index (χ1n) is 8.47. The number of hydrogen-bond donors (Lipinski definition) is 0. The highest BCUT2D eigenvalue weighted by molar-refractivity contribution is 7.99. The number of carbonyl (C=O) groups is 1. The number of aryl methyl sites for hydroxylation is 1. The first-order chi connectivity index (χ1) is 12.5. The molecule has 0 atom stereocenters. The third kappa shape index (κ3) is 3.31. The number of nitrogens with zero attached hydrogens (tertiary/aromatic N) is 3. The van der Waals surface area contributed by atoms with Gasteiger partial charge < -0.3 is 8.98 Å². The van der Waals surface area contributed by atoms with Gasteiger partial charge >= 0.3 is 0 Å². The van der Waals surface area contributed by atoms with Crippen molar-refractivity contribution in [1.29, 1.82) is 0 Å². The van der Waals surface area contributed by atoms with Crippen LogP contribution in [0.1, 0.15) is 46.4 Å². The normalized spacial score (nSPS) is 14.0. The predicted octanol–water partition coefficient (Wildman–Crippen LogP) is 4.47. The van der Waals surface area contributed by atoms with E-state index in [-0.39, 0.29) is 17.4 Å². The Bertz CT molecular complexity index is 958. The van der Waals surface area contributed by atoms with E-state index in [4.69, 9.17) is 4.42 Å². The molecule has 2 aromatic heterocycles. The molecule has 0 amide bonds. The van der Waals surface area contributed by atoms with Crippen LogP contribution in [0.2, 0.25) is 0 Å². The van der Waals surface area contributed by atoms with E-state index >= 15 is 0 Å². The lowest BCUT2D eigenvalue weighted by Gasteiger charge is -2.09. The van der Waals surface area contributed by atoms with Gasteiger partial charge in [0, 0.05) is 28.6 Å². The number of hydrogen-bond acceptors (Lipinski definition) is 5. The lowest BCUT2D eigenvalue weighted by atomic mass is 10.2. The number of aromatic nitrogens is 3. The van der Waals surface area contributed by atoms with Crippen molar-refractivity contribution in [2.45, 2.75) is 37.8 Å². The van der Waals surface area contributed by atoms with Gasteiger partial charge in [-0.3, -0.25) is 4.79 Å². The van der Waals surface area contributed by atoms with E-state index in [2.05, 4.69) is 10.2 Å². The smallest absolute Gasteiger partial charge is 0.277 e. The van der Waals surface area contributed by atoms with Crippen molar-refractivity contribution in [3.8, 4) is 5.69 Å². The first kappa shape index (κ1) is 17.0. The molecule has 7 heteroatoms. The van der Waals surface area contributed by atoms with Crippen LogP contribution in [0.5, 0.6) is 0 Å². The van der Waals surface area contributed by atoms with Crippen LogP contribution in [0.4, 0.5) is 4.39 Å². The molecular formula is C19H18FN3O2S. The average molecular weight is 371 g/mol. The fraction of sp³-hybridized carbons (Fsp3) is 0.316.